The van der Waals surface area contributed by atoms with Gasteiger partial charge in [0, 0.05) is 6.61 Å². The van der Waals surface area contributed by atoms with Crippen molar-refractivity contribution in [2.45, 2.75) is 33.1 Å². The predicted octanol–water partition coefficient (Wildman–Crippen LogP) is 3.82. The summed E-state index contributed by atoms with van der Waals surface area (Å²) in [6, 6.07) is 4.82. The third-order valence-corrected chi connectivity index (χ3v) is 3.31. The van der Waals surface area contributed by atoms with E-state index in [1.54, 1.807) is 6.07 Å². The molecule has 0 fully saturated rings. The lowest BCUT2D eigenvalue weighted by molar-refractivity contribution is 0.131. The van der Waals surface area contributed by atoms with Crippen LogP contribution in [0.5, 0.6) is 0 Å². The van der Waals surface area contributed by atoms with E-state index in [9.17, 15) is 9.50 Å². The van der Waals surface area contributed by atoms with Crippen LogP contribution in [0.2, 0.25) is 5.02 Å². The lowest BCUT2D eigenvalue weighted by Gasteiger charge is -2.27. The van der Waals surface area contributed by atoms with Crippen LogP contribution in [0.4, 0.5) is 4.39 Å². The van der Waals surface area contributed by atoms with Crippen LogP contribution >= 0.6 is 11.6 Å². The Balaban J connectivity index is 2.90. The molecule has 0 radical (unpaired) electrons. The summed E-state index contributed by atoms with van der Waals surface area (Å²) in [5.41, 5.74) is 0.554. The van der Waals surface area contributed by atoms with Crippen molar-refractivity contribution >= 4 is 11.6 Å². The Morgan fingerprint density at radius 1 is 1.44 bits per heavy atom. The van der Waals surface area contributed by atoms with E-state index in [4.69, 9.17) is 11.6 Å². The molecule has 0 spiro atoms. The van der Waals surface area contributed by atoms with Crippen LogP contribution in [0.1, 0.15) is 32.3 Å². The van der Waals surface area contributed by atoms with Gasteiger partial charge in [0.25, 0.3) is 0 Å². The number of hydrogen-bond donors (Lipinski definition) is 1. The number of hydrogen-bond acceptors (Lipinski definition) is 1. The molecule has 0 saturated carbocycles. The van der Waals surface area contributed by atoms with Gasteiger partial charge < -0.3 is 5.11 Å². The van der Waals surface area contributed by atoms with Crippen LogP contribution in [0.25, 0.3) is 0 Å². The fourth-order valence-corrected chi connectivity index (χ4v) is 2.16. The normalized spacial score (nSPS) is 14.8. The van der Waals surface area contributed by atoms with Gasteiger partial charge >= 0.3 is 0 Å². The van der Waals surface area contributed by atoms with Gasteiger partial charge in [-0.1, -0.05) is 44.0 Å². The third kappa shape index (κ3) is 3.19. The molecule has 1 unspecified atom stereocenters. The fourth-order valence-electron chi connectivity index (χ4n) is 1.97. The largest absolute Gasteiger partial charge is 0.396 e. The van der Waals surface area contributed by atoms with Crippen molar-refractivity contribution in [1.29, 1.82) is 0 Å². The molecule has 0 aromatic heterocycles. The second kappa shape index (κ2) is 5.65. The lowest BCUT2D eigenvalue weighted by Crippen LogP contribution is -2.24. The maximum absolute atomic E-state index is 13.2. The molecule has 1 N–H and O–H groups in total. The highest BCUT2D eigenvalue weighted by Gasteiger charge is 2.24. The Labute approximate surface area is 101 Å². The Morgan fingerprint density at radius 3 is 2.69 bits per heavy atom. The summed E-state index contributed by atoms with van der Waals surface area (Å²) >= 11 is 5.90. The molecule has 0 aliphatic carbocycles. The molecule has 1 rings (SSSR count). The van der Waals surface area contributed by atoms with E-state index in [0.29, 0.717) is 6.42 Å². The third-order valence-electron chi connectivity index (χ3n) is 2.88. The number of benzene rings is 1. The lowest BCUT2D eigenvalue weighted by atomic mass is 9.80. The Hall–Kier alpha value is -0.600. The number of aliphatic hydroxyl groups excluding tert-OH is 1. The monoisotopic (exact) mass is 244 g/mol. The number of rotatable bonds is 5. The molecular formula is C13H18ClFO. The summed E-state index contributed by atoms with van der Waals surface area (Å²) in [5.74, 6) is -0.393. The van der Waals surface area contributed by atoms with Crippen LogP contribution in [-0.2, 0) is 6.42 Å². The van der Waals surface area contributed by atoms with E-state index in [1.807, 2.05) is 13.0 Å². The van der Waals surface area contributed by atoms with Gasteiger partial charge in [-0.3, -0.25) is 0 Å². The summed E-state index contributed by atoms with van der Waals surface area (Å²) in [7, 11) is 0. The van der Waals surface area contributed by atoms with Crippen molar-refractivity contribution in [3.63, 3.8) is 0 Å². The van der Waals surface area contributed by atoms with E-state index in [2.05, 4.69) is 6.92 Å². The van der Waals surface area contributed by atoms with Gasteiger partial charge in [-0.15, -0.1) is 0 Å². The van der Waals surface area contributed by atoms with E-state index in [1.165, 1.54) is 6.07 Å². The summed E-state index contributed by atoms with van der Waals surface area (Å²) in [5, 5.41) is 9.58. The van der Waals surface area contributed by atoms with Crippen LogP contribution in [-0.4, -0.2) is 11.7 Å². The van der Waals surface area contributed by atoms with E-state index in [-0.39, 0.29) is 17.0 Å². The van der Waals surface area contributed by atoms with Crippen molar-refractivity contribution in [3.8, 4) is 0 Å². The smallest absolute Gasteiger partial charge is 0.142 e. The Kier molecular flexibility index (Phi) is 4.75. The van der Waals surface area contributed by atoms with Gasteiger partial charge in [-0.2, -0.15) is 0 Å². The molecule has 90 valence electrons. The quantitative estimate of drug-likeness (QED) is 0.835. The van der Waals surface area contributed by atoms with Crippen molar-refractivity contribution in [2.24, 2.45) is 5.41 Å². The molecule has 3 heteroatoms. The summed E-state index contributed by atoms with van der Waals surface area (Å²) in [6.07, 6.45) is 2.49. The standard InChI is InChI=1S/C13H18ClFO/c1-3-7-13(2,9-16)8-10-5-4-6-11(15)12(10)14/h4-6,16H,3,7-9H2,1-2H3. The van der Waals surface area contributed by atoms with Gasteiger partial charge in [0.2, 0.25) is 0 Å². The Morgan fingerprint density at radius 2 is 2.12 bits per heavy atom. The van der Waals surface area contributed by atoms with Crippen LogP contribution in [0.15, 0.2) is 18.2 Å². The van der Waals surface area contributed by atoms with Crippen molar-refractivity contribution in [3.05, 3.63) is 34.6 Å². The van der Waals surface area contributed by atoms with Gasteiger partial charge in [0.05, 0.1) is 5.02 Å². The molecule has 0 heterocycles. The Bertz CT molecular complexity index is 354. The zero-order valence-corrected chi connectivity index (χ0v) is 10.5. The van der Waals surface area contributed by atoms with Crippen molar-refractivity contribution in [2.75, 3.05) is 6.61 Å². The van der Waals surface area contributed by atoms with Crippen LogP contribution in [0, 0.1) is 11.2 Å². The molecule has 0 bridgehead atoms. The predicted molar refractivity (Wildman–Crippen MR) is 65.2 cm³/mol. The van der Waals surface area contributed by atoms with Gasteiger partial charge in [-0.25, -0.2) is 4.39 Å². The number of halogens is 2. The SMILES string of the molecule is CCCC(C)(CO)Cc1cccc(F)c1Cl. The minimum absolute atomic E-state index is 0.0910. The summed E-state index contributed by atoms with van der Waals surface area (Å²) in [4.78, 5) is 0. The topological polar surface area (TPSA) is 20.2 Å². The molecule has 0 amide bonds. The highest BCUT2D eigenvalue weighted by Crippen LogP contribution is 2.31. The summed E-state index contributed by atoms with van der Waals surface area (Å²) in [6.45, 7) is 4.16. The molecule has 0 aliphatic heterocycles. The van der Waals surface area contributed by atoms with Crippen LogP contribution in [0.3, 0.4) is 0 Å². The fraction of sp³-hybridized carbons (Fsp3) is 0.538. The second-order valence-corrected chi connectivity index (χ2v) is 4.99. The van der Waals surface area contributed by atoms with Crippen molar-refractivity contribution in [1.82, 2.24) is 0 Å². The molecule has 1 nitrogen and oxygen atoms in total. The first-order valence-corrected chi connectivity index (χ1v) is 5.94. The molecule has 0 saturated heterocycles. The highest BCUT2D eigenvalue weighted by atomic mass is 35.5. The van der Waals surface area contributed by atoms with Gasteiger partial charge in [0.1, 0.15) is 5.82 Å². The maximum atomic E-state index is 13.2. The molecule has 16 heavy (non-hydrogen) atoms. The first-order valence-electron chi connectivity index (χ1n) is 5.56. The van der Waals surface area contributed by atoms with Crippen molar-refractivity contribution < 1.29 is 9.50 Å². The molecule has 1 aromatic rings. The average molecular weight is 245 g/mol. The zero-order chi connectivity index (χ0) is 12.2. The zero-order valence-electron chi connectivity index (χ0n) is 9.76. The molecule has 0 aliphatic rings. The van der Waals surface area contributed by atoms with Crippen LogP contribution < -0.4 is 0 Å². The first kappa shape index (κ1) is 13.5. The molecular weight excluding hydrogens is 227 g/mol. The minimum Gasteiger partial charge on any atom is -0.396 e. The minimum atomic E-state index is -0.393. The average Bonchev–Trinajstić information content (AvgIpc) is 2.25. The van der Waals surface area contributed by atoms with Gasteiger partial charge in [0.15, 0.2) is 0 Å². The second-order valence-electron chi connectivity index (χ2n) is 4.61. The molecule has 1 atom stereocenters. The van der Waals surface area contributed by atoms with E-state index < -0.39 is 5.82 Å². The van der Waals surface area contributed by atoms with E-state index in [0.717, 1.165) is 18.4 Å². The highest BCUT2D eigenvalue weighted by molar-refractivity contribution is 6.31. The maximum Gasteiger partial charge on any atom is 0.142 e. The number of aliphatic hydroxyl groups is 1. The summed E-state index contributed by atoms with van der Waals surface area (Å²) < 4.78 is 13.2. The van der Waals surface area contributed by atoms with Gasteiger partial charge in [-0.05, 0) is 29.9 Å². The van der Waals surface area contributed by atoms with E-state index >= 15 is 0 Å². The first-order chi connectivity index (χ1) is 7.52. The molecule has 1 aromatic carbocycles.